The molecule has 1 aromatic heterocycles. The molecule has 2 heterocycles. The highest BCUT2D eigenvalue weighted by molar-refractivity contribution is 6.30. The largest absolute Gasteiger partial charge is 0.481 e. The Morgan fingerprint density at radius 3 is 2.53 bits per heavy atom. The first-order valence-corrected chi connectivity index (χ1v) is 12.2. The maximum Gasteiger partial charge on any atom is 0.412 e. The van der Waals surface area contributed by atoms with Crippen LogP contribution >= 0.6 is 11.6 Å². The number of carbonyl (C=O) groups is 2. The molecule has 3 aliphatic rings. The lowest BCUT2D eigenvalue weighted by Crippen LogP contribution is -2.20. The third-order valence-electron chi connectivity index (χ3n) is 8.17. The number of nitrogens with one attached hydrogen (secondary N) is 1. The number of benzene rings is 2. The Morgan fingerprint density at radius 1 is 1.17 bits per heavy atom. The number of ether oxygens (including phenoxy) is 2. The molecular weight excluding hydrogens is 484 g/mol. The number of carbonyl (C=O) groups excluding carboxylic acids is 1. The number of aliphatic carboxylic acids is 1. The van der Waals surface area contributed by atoms with Crippen LogP contribution in [-0.2, 0) is 19.7 Å². The van der Waals surface area contributed by atoms with Crippen LogP contribution in [0.5, 0.6) is 0 Å². The Balaban J connectivity index is 1.17. The molecule has 8 nitrogen and oxygen atoms in total. The zero-order chi connectivity index (χ0) is 25.3. The first-order chi connectivity index (χ1) is 17.2. The number of aryl methyl sites for hydroxylation is 1. The SMILES string of the molecule is Cc1noc(-c2ccc(C34COC5(CC(=O)O)CC53C4)cc2)c1NC(=O)OC(C)c1ccc(Cl)cc1. The van der Waals surface area contributed by atoms with Gasteiger partial charge in [-0.15, -0.1) is 0 Å². The van der Waals surface area contributed by atoms with Crippen LogP contribution in [0.25, 0.3) is 11.3 Å². The fraction of sp³-hybridized carbons (Fsp3) is 0.370. The van der Waals surface area contributed by atoms with Gasteiger partial charge in [-0.25, -0.2) is 4.79 Å². The van der Waals surface area contributed by atoms with Crippen LogP contribution in [0.3, 0.4) is 0 Å². The van der Waals surface area contributed by atoms with Gasteiger partial charge in [-0.2, -0.15) is 0 Å². The smallest absolute Gasteiger partial charge is 0.412 e. The van der Waals surface area contributed by atoms with Crippen molar-refractivity contribution in [2.24, 2.45) is 5.41 Å². The average Bonchev–Trinajstić information content (AvgIpc) is 3.62. The molecular formula is C27H25ClN2O6. The minimum absolute atomic E-state index is 0.0417. The van der Waals surface area contributed by atoms with E-state index in [1.54, 1.807) is 26.0 Å². The molecule has 1 amide bonds. The summed E-state index contributed by atoms with van der Waals surface area (Å²) in [7, 11) is 0. The summed E-state index contributed by atoms with van der Waals surface area (Å²) in [5.41, 5.74) is 3.05. The van der Waals surface area contributed by atoms with Gasteiger partial charge in [0.2, 0.25) is 0 Å². The van der Waals surface area contributed by atoms with E-state index in [9.17, 15) is 14.7 Å². The van der Waals surface area contributed by atoms with E-state index >= 15 is 0 Å². The van der Waals surface area contributed by atoms with Gasteiger partial charge >= 0.3 is 12.1 Å². The van der Waals surface area contributed by atoms with E-state index in [1.165, 1.54) is 0 Å². The number of hydrogen-bond acceptors (Lipinski definition) is 6. The summed E-state index contributed by atoms with van der Waals surface area (Å²) in [6.07, 6.45) is 0.733. The van der Waals surface area contributed by atoms with Crippen LogP contribution < -0.4 is 5.32 Å². The maximum atomic E-state index is 12.6. The van der Waals surface area contributed by atoms with Crippen molar-refractivity contribution >= 4 is 29.4 Å². The lowest BCUT2D eigenvalue weighted by Gasteiger charge is -2.16. The molecule has 36 heavy (non-hydrogen) atoms. The molecule has 0 radical (unpaired) electrons. The van der Waals surface area contributed by atoms with E-state index in [-0.39, 0.29) is 17.3 Å². The van der Waals surface area contributed by atoms with E-state index in [0.29, 0.717) is 28.8 Å². The third-order valence-corrected chi connectivity index (χ3v) is 8.43. The lowest BCUT2D eigenvalue weighted by molar-refractivity contribution is -0.141. The number of anilines is 1. The van der Waals surface area contributed by atoms with Gasteiger partial charge in [0.15, 0.2) is 5.76 Å². The van der Waals surface area contributed by atoms with E-state index in [1.807, 2.05) is 36.4 Å². The monoisotopic (exact) mass is 508 g/mol. The number of aromatic nitrogens is 1. The number of carboxylic acids is 1. The summed E-state index contributed by atoms with van der Waals surface area (Å²) < 4.78 is 17.1. The second-order valence-electron chi connectivity index (χ2n) is 10.1. The zero-order valence-corrected chi connectivity index (χ0v) is 20.6. The summed E-state index contributed by atoms with van der Waals surface area (Å²) in [5, 5.41) is 16.7. The Labute approximate surface area is 212 Å². The van der Waals surface area contributed by atoms with Gasteiger partial charge in [-0.05, 0) is 49.9 Å². The van der Waals surface area contributed by atoms with E-state index in [2.05, 4.69) is 10.5 Å². The van der Waals surface area contributed by atoms with Crippen LogP contribution in [-0.4, -0.2) is 34.5 Å². The van der Waals surface area contributed by atoms with Gasteiger partial charge in [-0.3, -0.25) is 10.1 Å². The van der Waals surface area contributed by atoms with Gasteiger partial charge in [0.25, 0.3) is 0 Å². The van der Waals surface area contributed by atoms with Gasteiger partial charge < -0.3 is 19.1 Å². The van der Waals surface area contributed by atoms with Crippen molar-refractivity contribution in [3.8, 4) is 11.3 Å². The molecule has 1 saturated heterocycles. The molecule has 4 unspecified atom stereocenters. The van der Waals surface area contributed by atoms with Crippen LogP contribution in [0.1, 0.15) is 49.1 Å². The average molecular weight is 509 g/mol. The molecule has 1 spiro atoms. The number of rotatable bonds is 7. The first-order valence-electron chi connectivity index (χ1n) is 11.8. The molecule has 0 bridgehead atoms. The Morgan fingerprint density at radius 2 is 1.89 bits per heavy atom. The summed E-state index contributed by atoms with van der Waals surface area (Å²) in [6.45, 7) is 4.08. The van der Waals surface area contributed by atoms with Crippen molar-refractivity contribution in [3.63, 3.8) is 0 Å². The van der Waals surface area contributed by atoms with Crippen LogP contribution in [0.2, 0.25) is 5.02 Å². The number of amides is 1. The van der Waals surface area contributed by atoms with Crippen LogP contribution in [0.15, 0.2) is 53.1 Å². The van der Waals surface area contributed by atoms with E-state index < -0.39 is 23.8 Å². The molecule has 3 fully saturated rings. The molecule has 2 aliphatic carbocycles. The minimum Gasteiger partial charge on any atom is -0.481 e. The van der Waals surface area contributed by atoms with Gasteiger partial charge in [0.1, 0.15) is 17.5 Å². The Kier molecular flexibility index (Phi) is 5.01. The lowest BCUT2D eigenvalue weighted by atomic mass is 9.92. The van der Waals surface area contributed by atoms with E-state index in [4.69, 9.17) is 25.6 Å². The van der Waals surface area contributed by atoms with Crippen molar-refractivity contribution < 1.29 is 28.7 Å². The second-order valence-corrected chi connectivity index (χ2v) is 10.6. The molecule has 3 aromatic rings. The van der Waals surface area contributed by atoms with Gasteiger partial charge in [-0.1, -0.05) is 53.2 Å². The van der Waals surface area contributed by atoms with Crippen molar-refractivity contribution in [3.05, 3.63) is 70.4 Å². The van der Waals surface area contributed by atoms with Crippen molar-refractivity contribution in [2.75, 3.05) is 11.9 Å². The molecule has 4 atom stereocenters. The number of carboxylic acid groups (broad SMARTS) is 1. The Hall–Kier alpha value is -3.36. The molecule has 186 valence electrons. The first kappa shape index (κ1) is 23.1. The summed E-state index contributed by atoms with van der Waals surface area (Å²) in [6, 6.07) is 15.0. The number of hydrogen-bond donors (Lipinski definition) is 2. The normalized spacial score (nSPS) is 28.1. The molecule has 2 N–H and O–H groups in total. The zero-order valence-electron chi connectivity index (χ0n) is 19.8. The summed E-state index contributed by atoms with van der Waals surface area (Å²) in [5.74, 6) is -0.376. The fourth-order valence-electron chi connectivity index (χ4n) is 6.12. The highest BCUT2D eigenvalue weighted by Gasteiger charge is 2.92. The molecule has 2 saturated carbocycles. The van der Waals surface area contributed by atoms with Gasteiger partial charge in [0, 0.05) is 21.4 Å². The predicted molar refractivity (Wildman–Crippen MR) is 131 cm³/mol. The second kappa shape index (κ2) is 7.82. The van der Waals surface area contributed by atoms with Crippen LogP contribution in [0.4, 0.5) is 10.5 Å². The molecule has 1 aliphatic heterocycles. The highest BCUT2D eigenvalue weighted by Crippen LogP contribution is 2.89. The van der Waals surface area contributed by atoms with Crippen molar-refractivity contribution in [2.45, 2.75) is 50.2 Å². The number of nitrogens with zero attached hydrogens (tertiary/aromatic N) is 1. The third kappa shape index (κ3) is 3.35. The van der Waals surface area contributed by atoms with Gasteiger partial charge in [0.05, 0.1) is 18.6 Å². The van der Waals surface area contributed by atoms with Crippen molar-refractivity contribution in [1.29, 1.82) is 0 Å². The van der Waals surface area contributed by atoms with Crippen molar-refractivity contribution in [1.82, 2.24) is 5.16 Å². The summed E-state index contributed by atoms with van der Waals surface area (Å²) >= 11 is 5.93. The summed E-state index contributed by atoms with van der Waals surface area (Å²) in [4.78, 5) is 23.9. The standard InChI is InChI=1S/C27H25ClN2O6/c1-15-22(29-24(33)35-16(2)17-5-9-20(28)10-6-17)23(36-30-15)18-3-7-19(8-4-18)25-12-26(25)13-27(26,34-14-25)11-21(31)32/h3-10,16H,11-14H2,1-2H3,(H,29,33)(H,31,32). The van der Waals surface area contributed by atoms with E-state index in [0.717, 1.165) is 29.5 Å². The maximum absolute atomic E-state index is 12.6. The highest BCUT2D eigenvalue weighted by atomic mass is 35.5. The predicted octanol–water partition coefficient (Wildman–Crippen LogP) is 5.89. The molecule has 2 aromatic carbocycles. The molecule has 6 rings (SSSR count). The topological polar surface area (TPSA) is 111 Å². The fourth-order valence-corrected chi connectivity index (χ4v) is 6.25. The molecule has 9 heteroatoms. The Bertz CT molecular complexity index is 1360. The van der Waals surface area contributed by atoms with Crippen LogP contribution in [0, 0.1) is 12.3 Å². The number of halogens is 1. The minimum atomic E-state index is -0.813. The quantitative estimate of drug-likeness (QED) is 0.409.